The lowest BCUT2D eigenvalue weighted by atomic mass is 10.1. The van der Waals surface area contributed by atoms with Gasteiger partial charge in [-0.3, -0.25) is 0 Å². The number of likely N-dealkylation sites (N-methyl/N-ethyl adjacent to an activating group) is 1. The van der Waals surface area contributed by atoms with Crippen molar-refractivity contribution in [3.63, 3.8) is 0 Å². The van der Waals surface area contributed by atoms with Gasteiger partial charge in [0.15, 0.2) is 0 Å². The summed E-state index contributed by atoms with van der Waals surface area (Å²) >= 11 is 0. The quantitative estimate of drug-likeness (QED) is 0.0574. The molecular formula is C38H73NO2. The van der Waals surface area contributed by atoms with Crippen LogP contribution in [0.25, 0.3) is 0 Å². The van der Waals surface area contributed by atoms with E-state index in [2.05, 4.69) is 69.1 Å². The van der Waals surface area contributed by atoms with E-state index in [0.717, 1.165) is 45.9 Å². The highest BCUT2D eigenvalue weighted by atomic mass is 16.5. The van der Waals surface area contributed by atoms with Crippen molar-refractivity contribution in [3.05, 3.63) is 36.5 Å². The Kier molecular flexibility index (Phi) is 34.5. The first-order valence-corrected chi connectivity index (χ1v) is 18.1. The lowest BCUT2D eigenvalue weighted by molar-refractivity contribution is -0.0332. The Balaban J connectivity index is 3.77. The molecule has 0 aliphatic rings. The zero-order valence-electron chi connectivity index (χ0n) is 28.4. The number of allylic oxidation sites excluding steroid dienone is 6. The van der Waals surface area contributed by atoms with Crippen molar-refractivity contribution in [2.24, 2.45) is 0 Å². The number of unbranched alkanes of at least 4 members (excludes halogenated alkanes) is 16. The average Bonchev–Trinajstić information content (AvgIpc) is 2.99. The van der Waals surface area contributed by atoms with E-state index in [1.54, 1.807) is 0 Å². The highest BCUT2D eigenvalue weighted by molar-refractivity contribution is 4.92. The number of nitrogens with zero attached hydrogens (tertiary/aromatic N) is 1. The Morgan fingerprint density at radius 3 is 1.54 bits per heavy atom. The molecule has 3 heteroatoms. The molecule has 41 heavy (non-hydrogen) atoms. The van der Waals surface area contributed by atoms with Crippen LogP contribution < -0.4 is 0 Å². The summed E-state index contributed by atoms with van der Waals surface area (Å²) in [6.45, 7) is 14.6. The Bertz CT molecular complexity index is 567. The van der Waals surface area contributed by atoms with E-state index >= 15 is 0 Å². The van der Waals surface area contributed by atoms with E-state index in [0.29, 0.717) is 0 Å². The molecule has 0 radical (unpaired) electrons. The molecule has 3 nitrogen and oxygen atoms in total. The van der Waals surface area contributed by atoms with Crippen molar-refractivity contribution in [3.8, 4) is 0 Å². The summed E-state index contributed by atoms with van der Waals surface area (Å²) in [5, 5.41) is 0. The predicted octanol–water partition coefficient (Wildman–Crippen LogP) is 11.6. The maximum absolute atomic E-state index is 6.32. The van der Waals surface area contributed by atoms with Gasteiger partial charge in [-0.1, -0.05) is 135 Å². The summed E-state index contributed by atoms with van der Waals surface area (Å²) in [6.07, 6.45) is 41.3. The van der Waals surface area contributed by atoms with Crippen LogP contribution in [0.15, 0.2) is 36.5 Å². The van der Waals surface area contributed by atoms with Crippen LogP contribution in [0.5, 0.6) is 0 Å². The van der Waals surface area contributed by atoms with Gasteiger partial charge in [0.05, 0.1) is 12.7 Å². The molecule has 0 aliphatic heterocycles. The van der Waals surface area contributed by atoms with Crippen LogP contribution in [0.1, 0.15) is 163 Å². The molecule has 0 spiro atoms. The minimum absolute atomic E-state index is 0.202. The molecule has 0 N–H and O–H groups in total. The fourth-order valence-corrected chi connectivity index (χ4v) is 5.05. The third kappa shape index (κ3) is 31.9. The standard InChI is InChI=1S/C38H73NO2/c1-5-9-11-13-15-17-19-20-21-22-23-25-27-29-31-33-35-41-38(36-39(7-3)8-4)37-40-34-32-30-28-26-24-18-16-14-12-10-6-2/h12,14-15,17,20-21,38H,5-11,13,16,18-19,22-37H2,1-4H3/b14-12-,17-15-,21-20-. The lowest BCUT2D eigenvalue weighted by Crippen LogP contribution is -2.36. The minimum atomic E-state index is 0.202. The van der Waals surface area contributed by atoms with Gasteiger partial charge in [0, 0.05) is 19.8 Å². The molecule has 1 atom stereocenters. The first kappa shape index (κ1) is 40.1. The monoisotopic (exact) mass is 576 g/mol. The van der Waals surface area contributed by atoms with Gasteiger partial charge in [-0.2, -0.15) is 0 Å². The third-order valence-corrected chi connectivity index (χ3v) is 7.89. The Morgan fingerprint density at radius 2 is 0.976 bits per heavy atom. The molecule has 0 aromatic heterocycles. The summed E-state index contributed by atoms with van der Waals surface area (Å²) in [5.74, 6) is 0. The van der Waals surface area contributed by atoms with Gasteiger partial charge in [0.1, 0.15) is 0 Å². The molecule has 0 aromatic rings. The molecule has 0 amide bonds. The summed E-state index contributed by atoms with van der Waals surface area (Å²) in [4.78, 5) is 2.46. The fraction of sp³-hybridized carbons (Fsp3) is 0.842. The summed E-state index contributed by atoms with van der Waals surface area (Å²) in [7, 11) is 0. The van der Waals surface area contributed by atoms with Crippen LogP contribution in [-0.4, -0.2) is 50.5 Å². The van der Waals surface area contributed by atoms with Gasteiger partial charge in [-0.25, -0.2) is 0 Å². The maximum atomic E-state index is 6.32. The molecule has 0 rings (SSSR count). The molecule has 242 valence electrons. The van der Waals surface area contributed by atoms with Crippen LogP contribution in [-0.2, 0) is 9.47 Å². The SMILES string of the molecule is CCC/C=C\CCCCCCCCOCC(CN(CC)CC)OCCCCCCCC/C=C\C/C=C\CCCCC. The van der Waals surface area contributed by atoms with Gasteiger partial charge in [0.25, 0.3) is 0 Å². The fourth-order valence-electron chi connectivity index (χ4n) is 5.05. The van der Waals surface area contributed by atoms with Crippen molar-refractivity contribution in [2.75, 3.05) is 39.5 Å². The first-order chi connectivity index (χ1) is 20.3. The zero-order chi connectivity index (χ0) is 29.9. The number of hydrogen-bond acceptors (Lipinski definition) is 3. The Morgan fingerprint density at radius 1 is 0.488 bits per heavy atom. The number of rotatable bonds is 33. The van der Waals surface area contributed by atoms with E-state index in [9.17, 15) is 0 Å². The third-order valence-electron chi connectivity index (χ3n) is 7.89. The van der Waals surface area contributed by atoms with Crippen LogP contribution in [0.3, 0.4) is 0 Å². The average molecular weight is 576 g/mol. The molecule has 0 saturated carbocycles. The van der Waals surface area contributed by atoms with Crippen molar-refractivity contribution >= 4 is 0 Å². The van der Waals surface area contributed by atoms with Gasteiger partial charge in [-0.15, -0.1) is 0 Å². The van der Waals surface area contributed by atoms with Crippen molar-refractivity contribution in [1.82, 2.24) is 4.90 Å². The van der Waals surface area contributed by atoms with E-state index in [-0.39, 0.29) is 6.10 Å². The van der Waals surface area contributed by atoms with Crippen molar-refractivity contribution < 1.29 is 9.47 Å². The largest absolute Gasteiger partial charge is 0.379 e. The smallest absolute Gasteiger partial charge is 0.0934 e. The number of ether oxygens (including phenoxy) is 2. The molecule has 0 saturated heterocycles. The first-order valence-electron chi connectivity index (χ1n) is 18.1. The van der Waals surface area contributed by atoms with Gasteiger partial charge >= 0.3 is 0 Å². The van der Waals surface area contributed by atoms with Crippen LogP contribution in [0.4, 0.5) is 0 Å². The highest BCUT2D eigenvalue weighted by Crippen LogP contribution is 2.11. The second kappa shape index (κ2) is 35.3. The number of hydrogen-bond donors (Lipinski definition) is 0. The second-order valence-electron chi connectivity index (χ2n) is 11.8. The Labute approximate surface area is 258 Å². The molecule has 1 unspecified atom stereocenters. The van der Waals surface area contributed by atoms with E-state index in [1.165, 1.54) is 128 Å². The van der Waals surface area contributed by atoms with Gasteiger partial charge in [-0.05, 0) is 77.3 Å². The van der Waals surface area contributed by atoms with Gasteiger partial charge < -0.3 is 14.4 Å². The molecular weight excluding hydrogens is 502 g/mol. The second-order valence-corrected chi connectivity index (χ2v) is 11.8. The van der Waals surface area contributed by atoms with Gasteiger partial charge in [0.2, 0.25) is 0 Å². The topological polar surface area (TPSA) is 21.7 Å². The predicted molar refractivity (Wildman–Crippen MR) is 184 cm³/mol. The van der Waals surface area contributed by atoms with E-state index in [1.807, 2.05) is 0 Å². The highest BCUT2D eigenvalue weighted by Gasteiger charge is 2.13. The zero-order valence-corrected chi connectivity index (χ0v) is 28.4. The van der Waals surface area contributed by atoms with E-state index < -0.39 is 0 Å². The summed E-state index contributed by atoms with van der Waals surface area (Å²) in [6, 6.07) is 0. The maximum Gasteiger partial charge on any atom is 0.0934 e. The van der Waals surface area contributed by atoms with Crippen LogP contribution in [0.2, 0.25) is 0 Å². The van der Waals surface area contributed by atoms with Crippen LogP contribution in [0, 0.1) is 0 Å². The lowest BCUT2D eigenvalue weighted by Gasteiger charge is -2.25. The molecule has 0 heterocycles. The summed E-state index contributed by atoms with van der Waals surface area (Å²) < 4.78 is 12.4. The molecule has 0 aliphatic carbocycles. The summed E-state index contributed by atoms with van der Waals surface area (Å²) in [5.41, 5.74) is 0. The van der Waals surface area contributed by atoms with E-state index in [4.69, 9.17) is 9.47 Å². The molecule has 0 bridgehead atoms. The van der Waals surface area contributed by atoms with Crippen molar-refractivity contribution in [1.29, 1.82) is 0 Å². The minimum Gasteiger partial charge on any atom is -0.379 e. The normalized spacial score (nSPS) is 13.1. The Hall–Kier alpha value is -0.900. The van der Waals surface area contributed by atoms with Crippen LogP contribution >= 0.6 is 0 Å². The molecule has 0 aromatic carbocycles. The van der Waals surface area contributed by atoms with Crippen molar-refractivity contribution in [2.45, 2.75) is 169 Å². The molecule has 0 fully saturated rings.